The van der Waals surface area contributed by atoms with Crippen LogP contribution in [0.1, 0.15) is 49.3 Å². The molecular weight excluding hydrogens is 267 g/mol. The first kappa shape index (κ1) is 14.9. The molecule has 2 aliphatic heterocycles. The summed E-state index contributed by atoms with van der Waals surface area (Å²) in [4.78, 5) is 2.51. The zero-order valence-electron chi connectivity index (χ0n) is 12.6. The van der Waals surface area contributed by atoms with Crippen molar-refractivity contribution >= 4 is 0 Å². The maximum atomic E-state index is 13.6. The molecule has 0 aliphatic carbocycles. The summed E-state index contributed by atoms with van der Waals surface area (Å²) in [6, 6.07) is 6.20. The van der Waals surface area contributed by atoms with Crippen LogP contribution in [0.2, 0.25) is 0 Å². The summed E-state index contributed by atoms with van der Waals surface area (Å²) in [7, 11) is 0. The molecule has 2 saturated heterocycles. The van der Waals surface area contributed by atoms with Gasteiger partial charge < -0.3 is 10.8 Å². The molecule has 3 nitrogen and oxygen atoms in total. The SMILES string of the molecule is Cc1ccc(C(N)CCN2C3CCC2CC(O)C3)cc1F. The van der Waals surface area contributed by atoms with Crippen molar-refractivity contribution in [1.29, 1.82) is 0 Å². The van der Waals surface area contributed by atoms with E-state index in [2.05, 4.69) is 4.90 Å². The lowest BCUT2D eigenvalue weighted by molar-refractivity contribution is 0.0340. The minimum absolute atomic E-state index is 0.119. The van der Waals surface area contributed by atoms with Crippen molar-refractivity contribution in [1.82, 2.24) is 4.90 Å². The predicted octanol–water partition coefficient (Wildman–Crippen LogP) is 2.51. The first-order valence-electron chi connectivity index (χ1n) is 8.00. The fraction of sp³-hybridized carbons (Fsp3) is 0.647. The number of nitrogens with two attached hydrogens (primary N) is 1. The van der Waals surface area contributed by atoms with Gasteiger partial charge in [0.25, 0.3) is 0 Å². The van der Waals surface area contributed by atoms with Gasteiger partial charge in [-0.05, 0) is 56.2 Å². The van der Waals surface area contributed by atoms with Crippen molar-refractivity contribution in [3.05, 3.63) is 35.1 Å². The van der Waals surface area contributed by atoms with E-state index in [-0.39, 0.29) is 18.0 Å². The molecule has 3 rings (SSSR count). The third-order valence-electron chi connectivity index (χ3n) is 5.18. The molecular formula is C17H25FN2O. The third-order valence-corrected chi connectivity index (χ3v) is 5.18. The molecule has 3 N–H and O–H groups in total. The molecule has 21 heavy (non-hydrogen) atoms. The second kappa shape index (κ2) is 6.03. The first-order valence-corrected chi connectivity index (χ1v) is 8.00. The Morgan fingerprint density at radius 1 is 1.33 bits per heavy atom. The van der Waals surface area contributed by atoms with Gasteiger partial charge in [0.1, 0.15) is 5.82 Å². The topological polar surface area (TPSA) is 49.5 Å². The van der Waals surface area contributed by atoms with Gasteiger partial charge in [0.05, 0.1) is 6.10 Å². The Bertz CT molecular complexity index is 494. The number of aliphatic hydroxyl groups excluding tert-OH is 1. The lowest BCUT2D eigenvalue weighted by Gasteiger charge is -2.37. The van der Waals surface area contributed by atoms with Crippen LogP contribution in [-0.2, 0) is 0 Å². The van der Waals surface area contributed by atoms with Crippen LogP contribution in [0.25, 0.3) is 0 Å². The molecule has 2 bridgehead atoms. The molecule has 3 unspecified atom stereocenters. The monoisotopic (exact) mass is 292 g/mol. The zero-order valence-corrected chi connectivity index (χ0v) is 12.6. The highest BCUT2D eigenvalue weighted by molar-refractivity contribution is 5.25. The molecule has 0 saturated carbocycles. The number of hydrogen-bond acceptors (Lipinski definition) is 3. The van der Waals surface area contributed by atoms with E-state index in [1.165, 1.54) is 12.8 Å². The second-order valence-electron chi connectivity index (χ2n) is 6.65. The van der Waals surface area contributed by atoms with Crippen molar-refractivity contribution in [3.63, 3.8) is 0 Å². The van der Waals surface area contributed by atoms with Gasteiger partial charge in [-0.25, -0.2) is 4.39 Å². The van der Waals surface area contributed by atoms with Crippen molar-refractivity contribution in [2.45, 2.75) is 63.3 Å². The Labute approximate surface area is 125 Å². The highest BCUT2D eigenvalue weighted by Gasteiger charge is 2.39. The summed E-state index contributed by atoms with van der Waals surface area (Å²) in [5.74, 6) is -0.177. The van der Waals surface area contributed by atoms with Crippen LogP contribution in [0, 0.1) is 12.7 Å². The normalized spacial score (nSPS) is 30.6. The Kier molecular flexibility index (Phi) is 4.29. The average molecular weight is 292 g/mol. The number of rotatable bonds is 4. The molecule has 2 heterocycles. The fourth-order valence-electron chi connectivity index (χ4n) is 3.91. The van der Waals surface area contributed by atoms with Gasteiger partial charge in [0, 0.05) is 24.7 Å². The van der Waals surface area contributed by atoms with Gasteiger partial charge in [0.2, 0.25) is 0 Å². The van der Waals surface area contributed by atoms with Crippen molar-refractivity contribution < 1.29 is 9.50 Å². The maximum absolute atomic E-state index is 13.6. The van der Waals surface area contributed by atoms with E-state index in [0.29, 0.717) is 17.6 Å². The molecule has 0 aromatic heterocycles. The van der Waals surface area contributed by atoms with Crippen LogP contribution in [0.3, 0.4) is 0 Å². The van der Waals surface area contributed by atoms with Crippen LogP contribution >= 0.6 is 0 Å². The predicted molar refractivity (Wildman–Crippen MR) is 81.4 cm³/mol. The number of nitrogens with zero attached hydrogens (tertiary/aromatic N) is 1. The molecule has 0 amide bonds. The molecule has 116 valence electrons. The molecule has 4 heteroatoms. The number of aryl methyl sites for hydroxylation is 1. The number of hydrogen-bond donors (Lipinski definition) is 2. The summed E-state index contributed by atoms with van der Waals surface area (Å²) >= 11 is 0. The first-order chi connectivity index (χ1) is 10.0. The number of aliphatic hydroxyl groups is 1. The Morgan fingerprint density at radius 3 is 2.62 bits per heavy atom. The fourth-order valence-corrected chi connectivity index (χ4v) is 3.91. The van der Waals surface area contributed by atoms with Gasteiger partial charge in [-0.15, -0.1) is 0 Å². The summed E-state index contributed by atoms with van der Waals surface area (Å²) in [6.07, 6.45) is 4.88. The standard InChI is InChI=1S/C17H25FN2O/c1-11-2-3-12(8-16(11)18)17(19)6-7-20-13-4-5-14(20)10-15(21)9-13/h2-3,8,13-15,17,21H,4-7,9-10,19H2,1H3. The van der Waals surface area contributed by atoms with Crippen molar-refractivity contribution in [2.24, 2.45) is 5.73 Å². The molecule has 2 aliphatic rings. The molecule has 0 radical (unpaired) electrons. The highest BCUT2D eigenvalue weighted by atomic mass is 19.1. The van der Waals surface area contributed by atoms with Crippen LogP contribution in [0.15, 0.2) is 18.2 Å². The van der Waals surface area contributed by atoms with Gasteiger partial charge in [-0.1, -0.05) is 12.1 Å². The van der Waals surface area contributed by atoms with Crippen LogP contribution < -0.4 is 5.73 Å². The maximum Gasteiger partial charge on any atom is 0.126 e. The van der Waals surface area contributed by atoms with E-state index in [4.69, 9.17) is 5.73 Å². The molecule has 2 fully saturated rings. The Morgan fingerprint density at radius 2 is 2.00 bits per heavy atom. The van der Waals surface area contributed by atoms with E-state index < -0.39 is 0 Å². The third kappa shape index (κ3) is 3.12. The van der Waals surface area contributed by atoms with Gasteiger partial charge in [-0.3, -0.25) is 4.90 Å². The number of benzene rings is 1. The largest absolute Gasteiger partial charge is 0.393 e. The van der Waals surface area contributed by atoms with Crippen LogP contribution in [-0.4, -0.2) is 34.7 Å². The quantitative estimate of drug-likeness (QED) is 0.896. The second-order valence-corrected chi connectivity index (χ2v) is 6.65. The van der Waals surface area contributed by atoms with Gasteiger partial charge in [-0.2, -0.15) is 0 Å². The minimum atomic E-state index is -0.177. The molecule has 1 aromatic carbocycles. The molecule has 3 atom stereocenters. The summed E-state index contributed by atoms with van der Waals surface area (Å²) in [5, 5.41) is 9.83. The van der Waals surface area contributed by atoms with Crippen LogP contribution in [0.4, 0.5) is 4.39 Å². The van der Waals surface area contributed by atoms with Gasteiger partial charge in [0.15, 0.2) is 0 Å². The Balaban J connectivity index is 1.59. The smallest absolute Gasteiger partial charge is 0.126 e. The lowest BCUT2D eigenvalue weighted by atomic mass is 9.98. The van der Waals surface area contributed by atoms with Crippen LogP contribution in [0.5, 0.6) is 0 Å². The number of fused-ring (bicyclic) bond motifs is 2. The average Bonchev–Trinajstić information content (AvgIpc) is 2.69. The summed E-state index contributed by atoms with van der Waals surface area (Å²) in [6.45, 7) is 2.71. The lowest BCUT2D eigenvalue weighted by Crippen LogP contribution is -2.45. The summed E-state index contributed by atoms with van der Waals surface area (Å²) < 4.78 is 13.6. The van der Waals surface area contributed by atoms with E-state index in [1.807, 2.05) is 6.07 Å². The van der Waals surface area contributed by atoms with Crippen molar-refractivity contribution in [2.75, 3.05) is 6.54 Å². The summed E-state index contributed by atoms with van der Waals surface area (Å²) in [5.41, 5.74) is 7.77. The minimum Gasteiger partial charge on any atom is -0.393 e. The van der Waals surface area contributed by atoms with Crippen molar-refractivity contribution in [3.8, 4) is 0 Å². The number of piperidine rings is 1. The highest BCUT2D eigenvalue weighted by Crippen LogP contribution is 2.36. The molecule has 1 aromatic rings. The molecule has 0 spiro atoms. The zero-order chi connectivity index (χ0) is 15.0. The van der Waals surface area contributed by atoms with E-state index >= 15 is 0 Å². The van der Waals surface area contributed by atoms with Gasteiger partial charge >= 0.3 is 0 Å². The number of halogens is 1. The van der Waals surface area contributed by atoms with E-state index in [1.54, 1.807) is 19.1 Å². The Hall–Kier alpha value is -0.970. The van der Waals surface area contributed by atoms with E-state index in [9.17, 15) is 9.50 Å². The van der Waals surface area contributed by atoms with E-state index in [0.717, 1.165) is 31.4 Å².